The molecule has 1 aliphatic carbocycles. The van der Waals surface area contributed by atoms with Crippen molar-refractivity contribution in [3.8, 4) is 0 Å². The molecule has 0 fully saturated rings. The monoisotopic (exact) mass is 357 g/mol. The van der Waals surface area contributed by atoms with Gasteiger partial charge in [0.1, 0.15) is 0 Å². The molecule has 0 radical (unpaired) electrons. The summed E-state index contributed by atoms with van der Waals surface area (Å²) in [6.45, 7) is -0.388. The van der Waals surface area contributed by atoms with Crippen molar-refractivity contribution in [2.75, 3.05) is 18.2 Å². The topological polar surface area (TPSA) is 72.5 Å². The SMILES string of the molecule is C[S@@](=O)c1ccccc1C(=O)OCC(=O)Nc1ccc2c(c1)CCC2. The van der Waals surface area contributed by atoms with Crippen molar-refractivity contribution in [3.63, 3.8) is 0 Å². The first kappa shape index (κ1) is 17.4. The number of hydrogen-bond donors (Lipinski definition) is 1. The molecule has 130 valence electrons. The highest BCUT2D eigenvalue weighted by Gasteiger charge is 2.16. The van der Waals surface area contributed by atoms with E-state index in [9.17, 15) is 13.8 Å². The van der Waals surface area contributed by atoms with E-state index in [1.54, 1.807) is 18.2 Å². The average molecular weight is 357 g/mol. The molecular formula is C19H19NO4S. The summed E-state index contributed by atoms with van der Waals surface area (Å²) < 4.78 is 16.7. The molecule has 25 heavy (non-hydrogen) atoms. The second kappa shape index (κ2) is 7.61. The highest BCUT2D eigenvalue weighted by atomic mass is 32.2. The first-order valence-electron chi connectivity index (χ1n) is 8.06. The zero-order valence-corrected chi connectivity index (χ0v) is 14.7. The minimum absolute atomic E-state index is 0.216. The molecule has 0 saturated carbocycles. The van der Waals surface area contributed by atoms with Gasteiger partial charge in [-0.15, -0.1) is 0 Å². The van der Waals surface area contributed by atoms with Crippen LogP contribution in [0.5, 0.6) is 0 Å². The molecule has 0 bridgehead atoms. The Bertz CT molecular complexity index is 847. The number of rotatable bonds is 5. The number of amides is 1. The van der Waals surface area contributed by atoms with Gasteiger partial charge in [-0.2, -0.15) is 0 Å². The van der Waals surface area contributed by atoms with E-state index >= 15 is 0 Å². The number of hydrogen-bond acceptors (Lipinski definition) is 4. The van der Waals surface area contributed by atoms with Crippen LogP contribution in [0.1, 0.15) is 27.9 Å². The van der Waals surface area contributed by atoms with Crippen LogP contribution in [0.2, 0.25) is 0 Å². The first-order chi connectivity index (χ1) is 12.0. The van der Waals surface area contributed by atoms with Gasteiger partial charge in [0.15, 0.2) is 6.61 Å². The fourth-order valence-electron chi connectivity index (χ4n) is 2.94. The average Bonchev–Trinajstić information content (AvgIpc) is 3.07. The number of carbonyl (C=O) groups is 2. The summed E-state index contributed by atoms with van der Waals surface area (Å²) >= 11 is 0. The van der Waals surface area contributed by atoms with Gasteiger partial charge >= 0.3 is 5.97 Å². The van der Waals surface area contributed by atoms with Gasteiger partial charge in [-0.05, 0) is 54.7 Å². The predicted octanol–water partition coefficient (Wildman–Crippen LogP) is 2.71. The van der Waals surface area contributed by atoms with Gasteiger partial charge in [0.2, 0.25) is 0 Å². The van der Waals surface area contributed by atoms with Gasteiger partial charge in [0.05, 0.1) is 21.3 Å². The van der Waals surface area contributed by atoms with Gasteiger partial charge in [-0.1, -0.05) is 18.2 Å². The van der Waals surface area contributed by atoms with Gasteiger partial charge < -0.3 is 10.1 Å². The molecule has 1 atom stereocenters. The molecule has 0 aliphatic heterocycles. The maximum absolute atomic E-state index is 12.1. The molecule has 5 nitrogen and oxygen atoms in total. The third kappa shape index (κ3) is 4.14. The standard InChI is InChI=1S/C19H19NO4S/c1-25(23)17-8-3-2-7-16(17)19(22)24-12-18(21)20-15-10-9-13-5-4-6-14(13)11-15/h2-3,7-11H,4-6,12H2,1H3,(H,20,21)/t25-/m1/s1. The second-order valence-electron chi connectivity index (χ2n) is 5.91. The molecule has 0 unspecified atom stereocenters. The lowest BCUT2D eigenvalue weighted by atomic mass is 10.1. The van der Waals surface area contributed by atoms with E-state index in [1.807, 2.05) is 18.2 Å². The van der Waals surface area contributed by atoms with Crippen LogP contribution >= 0.6 is 0 Å². The van der Waals surface area contributed by atoms with Crippen LogP contribution in [0.25, 0.3) is 0 Å². The molecule has 1 N–H and O–H groups in total. The van der Waals surface area contributed by atoms with Gasteiger partial charge in [-0.3, -0.25) is 9.00 Å². The smallest absolute Gasteiger partial charge is 0.339 e. The van der Waals surface area contributed by atoms with Crippen LogP contribution < -0.4 is 5.32 Å². The number of esters is 1. The highest BCUT2D eigenvalue weighted by Crippen LogP contribution is 2.24. The van der Waals surface area contributed by atoms with Crippen LogP contribution in [-0.4, -0.2) is 28.9 Å². The van der Waals surface area contributed by atoms with Crippen LogP contribution in [0.15, 0.2) is 47.4 Å². The summed E-state index contributed by atoms with van der Waals surface area (Å²) in [6, 6.07) is 12.4. The van der Waals surface area contributed by atoms with Gasteiger partial charge in [0, 0.05) is 11.9 Å². The van der Waals surface area contributed by atoms with Crippen molar-refractivity contribution in [3.05, 3.63) is 59.2 Å². The Morgan fingerprint density at radius 1 is 1.12 bits per heavy atom. The fourth-order valence-corrected chi connectivity index (χ4v) is 3.67. The summed E-state index contributed by atoms with van der Waals surface area (Å²) in [4.78, 5) is 24.6. The lowest BCUT2D eigenvalue weighted by Gasteiger charge is -2.09. The van der Waals surface area contributed by atoms with Crippen LogP contribution in [0.4, 0.5) is 5.69 Å². The number of ether oxygens (including phenoxy) is 1. The third-order valence-corrected chi connectivity index (χ3v) is 5.11. The van der Waals surface area contributed by atoms with E-state index in [0.717, 1.165) is 19.3 Å². The Morgan fingerprint density at radius 2 is 1.88 bits per heavy atom. The Labute approximate surface area is 148 Å². The summed E-state index contributed by atoms with van der Waals surface area (Å²) in [6.07, 6.45) is 4.74. The van der Waals surface area contributed by atoms with Gasteiger partial charge in [0.25, 0.3) is 5.91 Å². The van der Waals surface area contributed by atoms with E-state index in [0.29, 0.717) is 10.6 Å². The van der Waals surface area contributed by atoms with Crippen molar-refractivity contribution < 1.29 is 18.5 Å². The predicted molar refractivity (Wildman–Crippen MR) is 96.2 cm³/mol. The minimum Gasteiger partial charge on any atom is -0.452 e. The summed E-state index contributed by atoms with van der Waals surface area (Å²) in [5.41, 5.74) is 3.51. The Hall–Kier alpha value is -2.47. The molecule has 1 amide bonds. The number of aryl methyl sites for hydroxylation is 2. The van der Waals surface area contributed by atoms with Gasteiger partial charge in [-0.25, -0.2) is 4.79 Å². The number of anilines is 1. The minimum atomic E-state index is -1.31. The summed E-state index contributed by atoms with van der Waals surface area (Å²) in [5, 5.41) is 2.74. The lowest BCUT2D eigenvalue weighted by Crippen LogP contribution is -2.21. The normalized spacial score (nSPS) is 13.8. The Kier molecular flexibility index (Phi) is 5.28. The quantitative estimate of drug-likeness (QED) is 0.835. The molecule has 2 aromatic carbocycles. The molecule has 0 heterocycles. The molecular weight excluding hydrogens is 338 g/mol. The highest BCUT2D eigenvalue weighted by molar-refractivity contribution is 7.84. The van der Waals surface area contributed by atoms with Crippen molar-refractivity contribution >= 4 is 28.4 Å². The van der Waals surface area contributed by atoms with Crippen LogP contribution in [0, 0.1) is 0 Å². The van der Waals surface area contributed by atoms with Crippen LogP contribution in [0.3, 0.4) is 0 Å². The van der Waals surface area contributed by atoms with Crippen molar-refractivity contribution in [1.29, 1.82) is 0 Å². The second-order valence-corrected chi connectivity index (χ2v) is 7.26. The van der Waals surface area contributed by atoms with E-state index in [-0.39, 0.29) is 12.2 Å². The molecule has 6 heteroatoms. The van der Waals surface area contributed by atoms with E-state index < -0.39 is 22.7 Å². The molecule has 0 saturated heterocycles. The van der Waals surface area contributed by atoms with Crippen molar-refractivity contribution in [2.45, 2.75) is 24.2 Å². The largest absolute Gasteiger partial charge is 0.452 e. The maximum atomic E-state index is 12.1. The number of nitrogens with one attached hydrogen (secondary N) is 1. The zero-order chi connectivity index (χ0) is 17.8. The molecule has 0 aromatic heterocycles. The Morgan fingerprint density at radius 3 is 2.68 bits per heavy atom. The van der Waals surface area contributed by atoms with Crippen LogP contribution in [-0.2, 0) is 33.2 Å². The van der Waals surface area contributed by atoms with Crippen molar-refractivity contribution in [1.82, 2.24) is 0 Å². The number of carbonyl (C=O) groups excluding carboxylic acids is 2. The maximum Gasteiger partial charge on any atom is 0.339 e. The third-order valence-electron chi connectivity index (χ3n) is 4.13. The first-order valence-corrected chi connectivity index (χ1v) is 9.61. The lowest BCUT2D eigenvalue weighted by molar-refractivity contribution is -0.119. The fraction of sp³-hybridized carbons (Fsp3) is 0.263. The molecule has 1 aliphatic rings. The summed E-state index contributed by atoms with van der Waals surface area (Å²) in [7, 11) is -1.31. The van der Waals surface area contributed by atoms with Crippen molar-refractivity contribution in [2.24, 2.45) is 0 Å². The Balaban J connectivity index is 1.59. The number of benzene rings is 2. The van der Waals surface area contributed by atoms with E-state index in [4.69, 9.17) is 4.74 Å². The molecule has 2 aromatic rings. The van der Waals surface area contributed by atoms with E-state index in [1.165, 1.54) is 23.4 Å². The molecule has 0 spiro atoms. The zero-order valence-electron chi connectivity index (χ0n) is 13.9. The number of fused-ring (bicyclic) bond motifs is 1. The van der Waals surface area contributed by atoms with E-state index in [2.05, 4.69) is 5.32 Å². The molecule has 3 rings (SSSR count). The summed E-state index contributed by atoms with van der Waals surface area (Å²) in [5.74, 6) is -1.06.